The number of hydrogen-bond donors (Lipinski definition) is 0. The van der Waals surface area contributed by atoms with Gasteiger partial charge in [-0.2, -0.15) is 5.10 Å². The van der Waals surface area contributed by atoms with Crippen molar-refractivity contribution >= 4 is 5.91 Å². The third kappa shape index (κ3) is 2.58. The summed E-state index contributed by atoms with van der Waals surface area (Å²) in [6.07, 6.45) is 5.40. The Balaban J connectivity index is 1.91. The highest BCUT2D eigenvalue weighted by Crippen LogP contribution is 2.09. The Labute approximate surface area is 89.9 Å². The van der Waals surface area contributed by atoms with Gasteiger partial charge < -0.3 is 4.90 Å². The highest BCUT2D eigenvalue weighted by atomic mass is 16.2. The number of amides is 1. The van der Waals surface area contributed by atoms with Crippen LogP contribution in [-0.2, 0) is 11.3 Å². The van der Waals surface area contributed by atoms with Crippen LogP contribution in [0, 0.1) is 6.92 Å². The average Bonchev–Trinajstić information content (AvgIpc) is 2.65. The third-order valence-corrected chi connectivity index (χ3v) is 2.78. The van der Waals surface area contributed by atoms with Gasteiger partial charge in [-0.15, -0.1) is 0 Å². The van der Waals surface area contributed by atoms with Crippen molar-refractivity contribution in [2.45, 2.75) is 32.7 Å². The van der Waals surface area contributed by atoms with E-state index >= 15 is 0 Å². The van der Waals surface area contributed by atoms with Crippen molar-refractivity contribution in [3.8, 4) is 0 Å². The molecule has 0 N–H and O–H groups in total. The molecule has 1 aliphatic heterocycles. The fourth-order valence-corrected chi connectivity index (χ4v) is 1.93. The lowest BCUT2D eigenvalue weighted by Crippen LogP contribution is -2.37. The van der Waals surface area contributed by atoms with E-state index < -0.39 is 0 Å². The molecule has 4 heteroatoms. The van der Waals surface area contributed by atoms with E-state index in [0.717, 1.165) is 31.6 Å². The van der Waals surface area contributed by atoms with Crippen molar-refractivity contribution in [2.75, 3.05) is 13.1 Å². The first-order valence-corrected chi connectivity index (χ1v) is 5.53. The maximum Gasteiger partial charge on any atom is 0.244 e. The Morgan fingerprint density at radius 2 is 2.13 bits per heavy atom. The summed E-state index contributed by atoms with van der Waals surface area (Å²) >= 11 is 0. The summed E-state index contributed by atoms with van der Waals surface area (Å²) in [7, 11) is 0. The molecule has 0 radical (unpaired) electrons. The van der Waals surface area contributed by atoms with Crippen LogP contribution in [0.5, 0.6) is 0 Å². The number of hydrogen-bond acceptors (Lipinski definition) is 2. The maximum atomic E-state index is 11.8. The molecule has 4 nitrogen and oxygen atoms in total. The second kappa shape index (κ2) is 4.47. The van der Waals surface area contributed by atoms with Crippen LogP contribution in [0.25, 0.3) is 0 Å². The maximum absolute atomic E-state index is 11.8. The summed E-state index contributed by atoms with van der Waals surface area (Å²) in [4.78, 5) is 13.8. The molecule has 1 aromatic heterocycles. The summed E-state index contributed by atoms with van der Waals surface area (Å²) in [5.74, 6) is 0.192. The van der Waals surface area contributed by atoms with E-state index in [2.05, 4.69) is 5.10 Å². The van der Waals surface area contributed by atoms with E-state index in [1.54, 1.807) is 4.68 Å². The molecule has 0 bridgehead atoms. The number of carbonyl (C=O) groups excluding carboxylic acids is 1. The Bertz CT molecular complexity index is 339. The topological polar surface area (TPSA) is 38.1 Å². The Kier molecular flexibility index (Phi) is 3.04. The van der Waals surface area contributed by atoms with Crippen LogP contribution in [0.1, 0.15) is 25.0 Å². The number of aromatic nitrogens is 2. The number of carbonyl (C=O) groups is 1. The van der Waals surface area contributed by atoms with Gasteiger partial charge in [0.1, 0.15) is 6.54 Å². The first kappa shape index (κ1) is 10.2. The largest absolute Gasteiger partial charge is 0.341 e. The summed E-state index contributed by atoms with van der Waals surface area (Å²) in [5.41, 5.74) is 0.960. The number of rotatable bonds is 2. The molecule has 0 atom stereocenters. The number of likely N-dealkylation sites (tertiary alicyclic amines) is 1. The third-order valence-electron chi connectivity index (χ3n) is 2.78. The summed E-state index contributed by atoms with van der Waals surface area (Å²) < 4.78 is 1.71. The normalized spacial score (nSPS) is 16.7. The summed E-state index contributed by atoms with van der Waals surface area (Å²) in [6.45, 7) is 4.15. The quantitative estimate of drug-likeness (QED) is 0.731. The van der Waals surface area contributed by atoms with Crippen molar-refractivity contribution in [3.63, 3.8) is 0 Å². The van der Waals surface area contributed by atoms with E-state index in [9.17, 15) is 4.79 Å². The zero-order valence-corrected chi connectivity index (χ0v) is 9.15. The second-order valence-corrected chi connectivity index (χ2v) is 4.10. The lowest BCUT2D eigenvalue weighted by atomic mass is 10.1. The molecule has 1 aromatic rings. The second-order valence-electron chi connectivity index (χ2n) is 4.10. The molecule has 1 fully saturated rings. The van der Waals surface area contributed by atoms with Crippen molar-refractivity contribution in [2.24, 2.45) is 0 Å². The van der Waals surface area contributed by atoms with E-state index in [0.29, 0.717) is 6.54 Å². The molecule has 1 amide bonds. The lowest BCUT2D eigenvalue weighted by Gasteiger charge is -2.26. The number of aryl methyl sites for hydroxylation is 1. The van der Waals surface area contributed by atoms with Crippen LogP contribution >= 0.6 is 0 Å². The molecule has 2 rings (SSSR count). The van der Waals surface area contributed by atoms with Gasteiger partial charge in [0.15, 0.2) is 0 Å². The molecule has 2 heterocycles. The monoisotopic (exact) mass is 207 g/mol. The number of nitrogens with zero attached hydrogens (tertiary/aromatic N) is 3. The zero-order chi connectivity index (χ0) is 10.7. The Hall–Kier alpha value is -1.32. The molecule has 0 aliphatic carbocycles. The molecular weight excluding hydrogens is 190 g/mol. The van der Waals surface area contributed by atoms with E-state index in [4.69, 9.17) is 0 Å². The molecule has 0 spiro atoms. The Morgan fingerprint density at radius 1 is 1.40 bits per heavy atom. The van der Waals surface area contributed by atoms with Crippen molar-refractivity contribution in [1.82, 2.24) is 14.7 Å². The molecule has 0 aromatic carbocycles. The van der Waals surface area contributed by atoms with Gasteiger partial charge in [0.25, 0.3) is 0 Å². The van der Waals surface area contributed by atoms with Gasteiger partial charge in [0.05, 0.1) is 5.69 Å². The summed E-state index contributed by atoms with van der Waals surface area (Å²) in [6, 6.07) is 1.92. The first-order chi connectivity index (χ1) is 7.25. The highest BCUT2D eigenvalue weighted by molar-refractivity contribution is 5.75. The molecule has 15 heavy (non-hydrogen) atoms. The lowest BCUT2D eigenvalue weighted by molar-refractivity contribution is -0.132. The molecule has 0 unspecified atom stereocenters. The zero-order valence-electron chi connectivity index (χ0n) is 9.15. The fraction of sp³-hybridized carbons (Fsp3) is 0.636. The van der Waals surface area contributed by atoms with Gasteiger partial charge in [0, 0.05) is 19.3 Å². The molecule has 82 valence electrons. The smallest absolute Gasteiger partial charge is 0.244 e. The van der Waals surface area contributed by atoms with Crippen LogP contribution < -0.4 is 0 Å². The van der Waals surface area contributed by atoms with Crippen molar-refractivity contribution in [3.05, 3.63) is 18.0 Å². The standard InChI is InChI=1S/C11H17N3O/c1-10-5-8-14(12-10)9-11(15)13-6-3-2-4-7-13/h5,8H,2-4,6-7,9H2,1H3. The highest BCUT2D eigenvalue weighted by Gasteiger charge is 2.16. The SMILES string of the molecule is Cc1ccn(CC(=O)N2CCCCC2)n1. The van der Waals surface area contributed by atoms with Gasteiger partial charge in [-0.05, 0) is 32.3 Å². The molecule has 0 saturated carbocycles. The average molecular weight is 207 g/mol. The number of piperidine rings is 1. The molecular formula is C11H17N3O. The predicted octanol–water partition coefficient (Wildman–Crippen LogP) is 1.20. The van der Waals surface area contributed by atoms with E-state index in [-0.39, 0.29) is 5.91 Å². The van der Waals surface area contributed by atoms with Crippen molar-refractivity contribution in [1.29, 1.82) is 0 Å². The minimum absolute atomic E-state index is 0.192. The summed E-state index contributed by atoms with van der Waals surface area (Å²) in [5, 5.41) is 4.21. The van der Waals surface area contributed by atoms with Crippen LogP contribution in [0.2, 0.25) is 0 Å². The molecule has 1 saturated heterocycles. The van der Waals surface area contributed by atoms with Crippen LogP contribution in [0.3, 0.4) is 0 Å². The first-order valence-electron chi connectivity index (χ1n) is 5.53. The Morgan fingerprint density at radius 3 is 2.73 bits per heavy atom. The van der Waals surface area contributed by atoms with Gasteiger partial charge in [-0.3, -0.25) is 9.48 Å². The van der Waals surface area contributed by atoms with E-state index in [1.165, 1.54) is 6.42 Å². The van der Waals surface area contributed by atoms with Gasteiger partial charge in [0.2, 0.25) is 5.91 Å². The minimum Gasteiger partial charge on any atom is -0.341 e. The van der Waals surface area contributed by atoms with Crippen LogP contribution in [0.4, 0.5) is 0 Å². The van der Waals surface area contributed by atoms with E-state index in [1.807, 2.05) is 24.1 Å². The molecule has 1 aliphatic rings. The van der Waals surface area contributed by atoms with Crippen LogP contribution in [-0.4, -0.2) is 33.7 Å². The minimum atomic E-state index is 0.192. The van der Waals surface area contributed by atoms with Gasteiger partial charge in [-0.1, -0.05) is 0 Å². The van der Waals surface area contributed by atoms with Crippen LogP contribution in [0.15, 0.2) is 12.3 Å². The van der Waals surface area contributed by atoms with Crippen molar-refractivity contribution < 1.29 is 4.79 Å². The fourth-order valence-electron chi connectivity index (χ4n) is 1.93. The predicted molar refractivity (Wildman–Crippen MR) is 57.4 cm³/mol. The van der Waals surface area contributed by atoms with Gasteiger partial charge >= 0.3 is 0 Å². The van der Waals surface area contributed by atoms with Gasteiger partial charge in [-0.25, -0.2) is 0 Å².